The summed E-state index contributed by atoms with van der Waals surface area (Å²) in [6.07, 6.45) is 1.60. The molecule has 5 nitrogen and oxygen atoms in total. The Kier molecular flexibility index (Phi) is 5.02. The van der Waals surface area contributed by atoms with Crippen LogP contribution in [0.5, 0.6) is 0 Å². The molecule has 0 radical (unpaired) electrons. The summed E-state index contributed by atoms with van der Waals surface area (Å²) in [5.74, 6) is 0.0986. The molecule has 28 heavy (non-hydrogen) atoms. The number of carbonyl (C=O) groups excluding carboxylic acids is 1. The maximum Gasteiger partial charge on any atom is 0.254 e. The molecule has 1 aromatic heterocycles. The predicted molar refractivity (Wildman–Crippen MR) is 104 cm³/mol. The van der Waals surface area contributed by atoms with Gasteiger partial charge >= 0.3 is 0 Å². The van der Waals surface area contributed by atoms with Crippen LogP contribution in [-0.2, 0) is 24.2 Å². The van der Waals surface area contributed by atoms with Gasteiger partial charge in [-0.25, -0.2) is 9.37 Å². The first-order valence-corrected chi connectivity index (χ1v) is 9.30. The molecule has 1 aliphatic rings. The van der Waals surface area contributed by atoms with Crippen molar-refractivity contribution in [2.24, 2.45) is 0 Å². The van der Waals surface area contributed by atoms with Crippen LogP contribution >= 0.6 is 0 Å². The van der Waals surface area contributed by atoms with Gasteiger partial charge in [-0.15, -0.1) is 0 Å². The van der Waals surface area contributed by atoms with Crippen molar-refractivity contribution in [1.29, 1.82) is 0 Å². The molecule has 6 heteroatoms. The molecule has 1 amide bonds. The minimum Gasteiger partial charge on any atom is -0.336 e. The molecule has 0 saturated carbocycles. The van der Waals surface area contributed by atoms with Crippen LogP contribution in [-0.4, -0.2) is 27.3 Å². The summed E-state index contributed by atoms with van der Waals surface area (Å²) < 4.78 is 13.2. The minimum absolute atomic E-state index is 0.0555. The third kappa shape index (κ3) is 3.86. The summed E-state index contributed by atoms with van der Waals surface area (Å²) in [5, 5.41) is 0. The van der Waals surface area contributed by atoms with Gasteiger partial charge in [0.1, 0.15) is 11.6 Å². The molecule has 0 saturated heterocycles. The molecule has 1 N–H and O–H groups in total. The van der Waals surface area contributed by atoms with E-state index in [1.807, 2.05) is 30.3 Å². The van der Waals surface area contributed by atoms with E-state index in [0.29, 0.717) is 55.0 Å². The number of benzene rings is 2. The van der Waals surface area contributed by atoms with Crippen LogP contribution in [0.15, 0.2) is 59.4 Å². The van der Waals surface area contributed by atoms with E-state index in [4.69, 9.17) is 0 Å². The second-order valence-electron chi connectivity index (χ2n) is 6.90. The number of aryl methyl sites for hydroxylation is 1. The summed E-state index contributed by atoms with van der Waals surface area (Å²) in [4.78, 5) is 34.1. The Balaban J connectivity index is 1.51. The fraction of sp³-hybridized carbons (Fsp3) is 0.227. The van der Waals surface area contributed by atoms with E-state index in [1.165, 1.54) is 12.1 Å². The number of nitrogens with one attached hydrogen (secondary N) is 1. The van der Waals surface area contributed by atoms with Crippen molar-refractivity contribution in [1.82, 2.24) is 14.9 Å². The number of hydrogen-bond acceptors (Lipinski definition) is 3. The number of nitrogens with zero attached hydrogens (tertiary/aromatic N) is 2. The number of aromatic amines is 1. The van der Waals surface area contributed by atoms with Gasteiger partial charge in [0.2, 0.25) is 5.91 Å². The fourth-order valence-electron chi connectivity index (χ4n) is 3.45. The standard InChI is InChI=1S/C22H20FN3O2/c23-17-9-7-16(8-10-17)21-24-19-14-26(13-12-18(19)22(28)25-21)20(27)11-6-15-4-2-1-3-5-15/h1-5,7-10H,6,11-14H2,(H,24,25,28). The summed E-state index contributed by atoms with van der Waals surface area (Å²) in [6, 6.07) is 15.7. The molecule has 142 valence electrons. The SMILES string of the molecule is O=C(CCc1ccccc1)N1CCc2c(nc(-c3ccc(F)cc3)[nH]c2=O)C1. The summed E-state index contributed by atoms with van der Waals surface area (Å²) in [7, 11) is 0. The van der Waals surface area contributed by atoms with Gasteiger partial charge in [0.05, 0.1) is 12.2 Å². The number of hydrogen-bond donors (Lipinski definition) is 1. The number of H-pyrrole nitrogens is 1. The first-order valence-electron chi connectivity index (χ1n) is 9.30. The van der Waals surface area contributed by atoms with E-state index in [-0.39, 0.29) is 17.3 Å². The summed E-state index contributed by atoms with van der Waals surface area (Å²) in [6.45, 7) is 0.836. The van der Waals surface area contributed by atoms with E-state index >= 15 is 0 Å². The van der Waals surface area contributed by atoms with Crippen molar-refractivity contribution in [2.45, 2.75) is 25.8 Å². The van der Waals surface area contributed by atoms with Crippen molar-refractivity contribution in [3.8, 4) is 11.4 Å². The molecular formula is C22H20FN3O2. The largest absolute Gasteiger partial charge is 0.336 e. The number of halogens is 1. The van der Waals surface area contributed by atoms with Crippen molar-refractivity contribution >= 4 is 5.91 Å². The molecule has 0 spiro atoms. The molecule has 0 fully saturated rings. The third-order valence-corrected chi connectivity index (χ3v) is 5.01. The average molecular weight is 377 g/mol. The molecule has 0 bridgehead atoms. The first kappa shape index (κ1) is 18.1. The highest BCUT2D eigenvalue weighted by Crippen LogP contribution is 2.20. The minimum atomic E-state index is -0.348. The van der Waals surface area contributed by atoms with Gasteiger partial charge in [-0.1, -0.05) is 30.3 Å². The number of rotatable bonds is 4. The Labute approximate surface area is 161 Å². The Bertz CT molecular complexity index is 1050. The van der Waals surface area contributed by atoms with Crippen LogP contribution in [0.1, 0.15) is 23.2 Å². The zero-order valence-corrected chi connectivity index (χ0v) is 15.3. The van der Waals surface area contributed by atoms with Crippen molar-refractivity contribution < 1.29 is 9.18 Å². The van der Waals surface area contributed by atoms with Gasteiger partial charge in [0.25, 0.3) is 5.56 Å². The van der Waals surface area contributed by atoms with Gasteiger partial charge in [0, 0.05) is 24.1 Å². The Hall–Kier alpha value is -3.28. The second kappa shape index (κ2) is 7.76. The highest BCUT2D eigenvalue weighted by Gasteiger charge is 2.24. The predicted octanol–water partition coefficient (Wildman–Crippen LogP) is 3.09. The lowest BCUT2D eigenvalue weighted by Crippen LogP contribution is -2.39. The van der Waals surface area contributed by atoms with Crippen molar-refractivity contribution in [3.05, 3.63) is 87.6 Å². The number of fused-ring (bicyclic) bond motifs is 1. The molecular weight excluding hydrogens is 357 g/mol. The van der Waals surface area contributed by atoms with Gasteiger partial charge in [-0.3, -0.25) is 9.59 Å². The van der Waals surface area contributed by atoms with Crippen molar-refractivity contribution in [2.75, 3.05) is 6.54 Å². The molecule has 4 rings (SSSR count). The van der Waals surface area contributed by atoms with E-state index in [2.05, 4.69) is 9.97 Å². The summed E-state index contributed by atoms with van der Waals surface area (Å²) in [5.41, 5.74) is 2.80. The normalized spacial score (nSPS) is 13.2. The monoisotopic (exact) mass is 377 g/mol. The third-order valence-electron chi connectivity index (χ3n) is 5.01. The van der Waals surface area contributed by atoms with E-state index < -0.39 is 0 Å². The molecule has 1 aliphatic heterocycles. The maximum atomic E-state index is 13.2. The van der Waals surface area contributed by atoms with Crippen LogP contribution in [0, 0.1) is 5.82 Å². The molecule has 3 aromatic rings. The Morgan fingerprint density at radius 2 is 1.86 bits per heavy atom. The van der Waals surface area contributed by atoms with Gasteiger partial charge in [-0.2, -0.15) is 0 Å². The number of amides is 1. The highest BCUT2D eigenvalue weighted by atomic mass is 19.1. The zero-order chi connectivity index (χ0) is 19.5. The van der Waals surface area contributed by atoms with Crippen LogP contribution < -0.4 is 5.56 Å². The van der Waals surface area contributed by atoms with Gasteiger partial charge < -0.3 is 9.88 Å². The van der Waals surface area contributed by atoms with Crippen molar-refractivity contribution in [3.63, 3.8) is 0 Å². The van der Waals surface area contributed by atoms with Crippen LogP contribution in [0.3, 0.4) is 0 Å². The lowest BCUT2D eigenvalue weighted by Gasteiger charge is -2.28. The highest BCUT2D eigenvalue weighted by molar-refractivity contribution is 5.76. The molecule has 0 unspecified atom stereocenters. The van der Waals surface area contributed by atoms with Crippen LogP contribution in [0.4, 0.5) is 4.39 Å². The molecule has 0 atom stereocenters. The maximum absolute atomic E-state index is 13.2. The molecule has 2 heterocycles. The van der Waals surface area contributed by atoms with Gasteiger partial charge in [0.15, 0.2) is 0 Å². The Morgan fingerprint density at radius 3 is 2.61 bits per heavy atom. The summed E-state index contributed by atoms with van der Waals surface area (Å²) >= 11 is 0. The smallest absolute Gasteiger partial charge is 0.254 e. The number of carbonyl (C=O) groups is 1. The average Bonchev–Trinajstić information content (AvgIpc) is 2.73. The lowest BCUT2D eigenvalue weighted by atomic mass is 10.0. The van der Waals surface area contributed by atoms with E-state index in [9.17, 15) is 14.0 Å². The van der Waals surface area contributed by atoms with Crippen LogP contribution in [0.2, 0.25) is 0 Å². The fourth-order valence-corrected chi connectivity index (χ4v) is 3.45. The topological polar surface area (TPSA) is 66.1 Å². The molecule has 0 aliphatic carbocycles. The number of aromatic nitrogens is 2. The molecule has 2 aromatic carbocycles. The van der Waals surface area contributed by atoms with Crippen LogP contribution in [0.25, 0.3) is 11.4 Å². The zero-order valence-electron chi connectivity index (χ0n) is 15.3. The van der Waals surface area contributed by atoms with Gasteiger partial charge in [-0.05, 0) is 42.7 Å². The van der Waals surface area contributed by atoms with E-state index in [1.54, 1.807) is 17.0 Å². The van der Waals surface area contributed by atoms with E-state index in [0.717, 1.165) is 5.56 Å². The second-order valence-corrected chi connectivity index (χ2v) is 6.90. The quantitative estimate of drug-likeness (QED) is 0.760. The first-order chi connectivity index (χ1) is 13.6. The lowest BCUT2D eigenvalue weighted by molar-refractivity contribution is -0.132. The Morgan fingerprint density at radius 1 is 1.11 bits per heavy atom.